The van der Waals surface area contributed by atoms with E-state index in [0.717, 1.165) is 42.5 Å². The number of amides is 1. The van der Waals surface area contributed by atoms with Gasteiger partial charge in [0.1, 0.15) is 11.6 Å². The Labute approximate surface area is 151 Å². The number of para-hydroxylation sites is 1. The third-order valence-corrected chi connectivity index (χ3v) is 5.37. The Morgan fingerprint density at radius 2 is 1.77 bits per heavy atom. The lowest BCUT2D eigenvalue weighted by Gasteiger charge is -2.34. The van der Waals surface area contributed by atoms with Crippen molar-refractivity contribution in [1.82, 2.24) is 24.1 Å². The first-order valence-electron chi connectivity index (χ1n) is 8.91. The molecule has 2 aromatic heterocycles. The molecule has 0 bridgehead atoms. The molecule has 7 heteroatoms. The minimum atomic E-state index is -0.448. The first-order valence-corrected chi connectivity index (χ1v) is 8.91. The Balaban J connectivity index is 1.88. The van der Waals surface area contributed by atoms with Gasteiger partial charge in [-0.05, 0) is 20.0 Å². The molecule has 4 rings (SSSR count). The van der Waals surface area contributed by atoms with Crippen LogP contribution in [0.4, 0.5) is 0 Å². The van der Waals surface area contributed by atoms with E-state index in [4.69, 9.17) is 0 Å². The number of benzene rings is 1. The average Bonchev–Trinajstić information content (AvgIpc) is 2.99. The number of likely N-dealkylation sites (N-methyl/N-ethyl adjacent to an activating group) is 1. The number of hydrogen-bond donors (Lipinski definition) is 0. The number of carbonyl (C=O) groups excluding carboxylic acids is 1. The second kappa shape index (κ2) is 6.25. The van der Waals surface area contributed by atoms with Crippen molar-refractivity contribution in [2.45, 2.75) is 13.0 Å². The van der Waals surface area contributed by atoms with E-state index in [1.54, 1.807) is 13.2 Å². The third kappa shape index (κ3) is 2.50. The summed E-state index contributed by atoms with van der Waals surface area (Å²) in [6.07, 6.45) is 1.71. The van der Waals surface area contributed by atoms with Gasteiger partial charge in [0.05, 0.1) is 11.7 Å². The van der Waals surface area contributed by atoms with Gasteiger partial charge in [-0.15, -0.1) is 0 Å². The Morgan fingerprint density at radius 1 is 1.08 bits per heavy atom. The van der Waals surface area contributed by atoms with Crippen LogP contribution in [0.1, 0.15) is 13.0 Å². The fourth-order valence-corrected chi connectivity index (χ4v) is 3.79. The maximum Gasteiger partial charge on any atom is 0.291 e. The van der Waals surface area contributed by atoms with Crippen molar-refractivity contribution >= 4 is 27.7 Å². The molecule has 3 heterocycles. The van der Waals surface area contributed by atoms with Crippen LogP contribution in [0.3, 0.4) is 0 Å². The van der Waals surface area contributed by atoms with Crippen LogP contribution in [-0.4, -0.2) is 63.3 Å². The lowest BCUT2D eigenvalue weighted by molar-refractivity contribution is -0.135. The molecule has 0 N–H and O–H groups in total. The van der Waals surface area contributed by atoms with Crippen LogP contribution in [0, 0.1) is 0 Å². The minimum Gasteiger partial charge on any atom is -0.338 e. The molecule has 1 aliphatic rings. The van der Waals surface area contributed by atoms with E-state index >= 15 is 0 Å². The molecule has 0 spiro atoms. The van der Waals surface area contributed by atoms with Gasteiger partial charge < -0.3 is 14.4 Å². The summed E-state index contributed by atoms with van der Waals surface area (Å²) >= 11 is 0. The summed E-state index contributed by atoms with van der Waals surface area (Å²) in [4.78, 5) is 30.1. The number of nitrogens with zero attached hydrogens (tertiary/aromatic N) is 5. The molecule has 1 fully saturated rings. The van der Waals surface area contributed by atoms with Crippen molar-refractivity contribution in [3.8, 4) is 0 Å². The van der Waals surface area contributed by atoms with Gasteiger partial charge in [-0.1, -0.05) is 18.2 Å². The summed E-state index contributed by atoms with van der Waals surface area (Å²) in [5.41, 5.74) is 1.25. The molecule has 0 aliphatic carbocycles. The summed E-state index contributed by atoms with van der Waals surface area (Å²) in [5.74, 6) is 0.0552. The van der Waals surface area contributed by atoms with Gasteiger partial charge in [0, 0.05) is 44.0 Å². The smallest absolute Gasteiger partial charge is 0.291 e. The summed E-state index contributed by atoms with van der Waals surface area (Å²) in [5, 5.41) is 5.91. The average molecular weight is 353 g/mol. The number of aryl methyl sites for hydroxylation is 1. The molecule has 0 saturated carbocycles. The zero-order chi connectivity index (χ0) is 18.4. The van der Waals surface area contributed by atoms with E-state index in [9.17, 15) is 9.59 Å². The highest BCUT2D eigenvalue weighted by atomic mass is 16.2. The van der Waals surface area contributed by atoms with E-state index in [1.807, 2.05) is 40.7 Å². The summed E-state index contributed by atoms with van der Waals surface area (Å²) < 4.78 is 3.21. The van der Waals surface area contributed by atoms with E-state index in [-0.39, 0.29) is 11.5 Å². The number of hydrogen-bond acceptors (Lipinski definition) is 4. The van der Waals surface area contributed by atoms with Crippen molar-refractivity contribution in [2.75, 3.05) is 33.2 Å². The molecule has 1 saturated heterocycles. The number of piperazine rings is 1. The van der Waals surface area contributed by atoms with Crippen LogP contribution in [0.15, 0.2) is 35.3 Å². The summed E-state index contributed by atoms with van der Waals surface area (Å²) in [6, 6.07) is 7.36. The van der Waals surface area contributed by atoms with Crippen LogP contribution in [0.25, 0.3) is 21.8 Å². The first-order chi connectivity index (χ1) is 12.5. The second-order valence-corrected chi connectivity index (χ2v) is 7.03. The monoisotopic (exact) mass is 353 g/mol. The molecule has 1 atom stereocenters. The van der Waals surface area contributed by atoms with Gasteiger partial charge in [0.2, 0.25) is 5.91 Å². The maximum atomic E-state index is 13.1. The van der Waals surface area contributed by atoms with E-state index in [2.05, 4.69) is 17.0 Å². The fraction of sp³-hybridized carbons (Fsp3) is 0.421. The van der Waals surface area contributed by atoms with Crippen LogP contribution in [0.2, 0.25) is 0 Å². The number of fused-ring (bicyclic) bond motifs is 3. The lowest BCUT2D eigenvalue weighted by Crippen LogP contribution is -2.49. The SMILES string of the molecule is C[C@H](C(=O)N1CCN(C)CC1)n1c2ccccc2c2cnn(C)c(=O)c21. The van der Waals surface area contributed by atoms with Crippen molar-refractivity contribution < 1.29 is 4.79 Å². The fourth-order valence-electron chi connectivity index (χ4n) is 3.79. The lowest BCUT2D eigenvalue weighted by atomic mass is 10.2. The molecule has 3 aromatic rings. The van der Waals surface area contributed by atoms with Gasteiger partial charge in [0.25, 0.3) is 5.56 Å². The van der Waals surface area contributed by atoms with Crippen molar-refractivity contribution in [3.63, 3.8) is 0 Å². The third-order valence-electron chi connectivity index (χ3n) is 5.37. The molecule has 1 aromatic carbocycles. The van der Waals surface area contributed by atoms with Gasteiger partial charge in [-0.3, -0.25) is 9.59 Å². The molecule has 1 amide bonds. The topological polar surface area (TPSA) is 63.4 Å². The van der Waals surface area contributed by atoms with E-state index < -0.39 is 6.04 Å². The van der Waals surface area contributed by atoms with Gasteiger partial charge in [-0.25, -0.2) is 4.68 Å². The predicted molar refractivity (Wildman–Crippen MR) is 101 cm³/mol. The Hall–Kier alpha value is -2.67. The summed E-state index contributed by atoms with van der Waals surface area (Å²) in [7, 11) is 3.70. The molecular weight excluding hydrogens is 330 g/mol. The zero-order valence-electron chi connectivity index (χ0n) is 15.3. The quantitative estimate of drug-likeness (QED) is 0.695. The standard InChI is InChI=1S/C19H23N5O2/c1-13(18(25)23-10-8-21(2)9-11-23)24-16-7-5-4-6-14(16)15-12-20-22(3)19(26)17(15)24/h4-7,12-13H,8-11H2,1-3H3/t13-/m1/s1. The zero-order valence-corrected chi connectivity index (χ0v) is 15.3. The van der Waals surface area contributed by atoms with Gasteiger partial charge in [-0.2, -0.15) is 5.10 Å². The van der Waals surface area contributed by atoms with Crippen molar-refractivity contribution in [2.24, 2.45) is 7.05 Å². The first kappa shape index (κ1) is 16.8. The van der Waals surface area contributed by atoms with Crippen molar-refractivity contribution in [3.05, 3.63) is 40.8 Å². The molecule has 136 valence electrons. The van der Waals surface area contributed by atoms with Crippen LogP contribution in [-0.2, 0) is 11.8 Å². The Bertz CT molecular complexity index is 1040. The molecule has 0 unspecified atom stereocenters. The van der Waals surface area contributed by atoms with Crippen LogP contribution >= 0.6 is 0 Å². The molecule has 1 aliphatic heterocycles. The van der Waals surface area contributed by atoms with Crippen molar-refractivity contribution in [1.29, 1.82) is 0 Å². The molecule has 0 radical (unpaired) electrons. The number of aromatic nitrogens is 3. The normalized spacial score (nSPS) is 17.1. The molecule has 26 heavy (non-hydrogen) atoms. The van der Waals surface area contributed by atoms with E-state index in [1.165, 1.54) is 4.68 Å². The van der Waals surface area contributed by atoms with Gasteiger partial charge in [0.15, 0.2) is 0 Å². The van der Waals surface area contributed by atoms with E-state index in [0.29, 0.717) is 5.52 Å². The van der Waals surface area contributed by atoms with Crippen LogP contribution in [0.5, 0.6) is 0 Å². The highest BCUT2D eigenvalue weighted by molar-refractivity contribution is 6.08. The Morgan fingerprint density at radius 3 is 2.50 bits per heavy atom. The molecular formula is C19H23N5O2. The largest absolute Gasteiger partial charge is 0.338 e. The minimum absolute atomic E-state index is 0.0552. The highest BCUT2D eigenvalue weighted by Gasteiger charge is 2.28. The van der Waals surface area contributed by atoms with Crippen LogP contribution < -0.4 is 5.56 Å². The molecule has 7 nitrogen and oxygen atoms in total. The maximum absolute atomic E-state index is 13.1. The number of carbonyl (C=O) groups is 1. The number of rotatable bonds is 2. The summed E-state index contributed by atoms with van der Waals surface area (Å²) in [6.45, 7) is 5.06. The van der Waals surface area contributed by atoms with Gasteiger partial charge >= 0.3 is 0 Å². The predicted octanol–water partition coefficient (Wildman–Crippen LogP) is 1.22. The highest BCUT2D eigenvalue weighted by Crippen LogP contribution is 2.30. The Kier molecular flexibility index (Phi) is 4.03. The second-order valence-electron chi connectivity index (χ2n) is 7.03.